The smallest absolute Gasteiger partial charge is 0.161 e. The fourth-order valence-electron chi connectivity index (χ4n) is 2.36. The fourth-order valence-corrected chi connectivity index (χ4v) is 2.36. The molecule has 0 saturated heterocycles. The SMILES string of the molecule is COCCCNCc1ccc(OCc2ccc(C)cc2)c(OC)c1. The molecule has 0 fully saturated rings. The van der Waals surface area contributed by atoms with Gasteiger partial charge in [0, 0.05) is 20.3 Å². The summed E-state index contributed by atoms with van der Waals surface area (Å²) in [5.41, 5.74) is 3.57. The van der Waals surface area contributed by atoms with Gasteiger partial charge in [0.1, 0.15) is 6.61 Å². The fraction of sp³-hybridized carbons (Fsp3) is 0.400. The Morgan fingerprint density at radius 1 is 0.917 bits per heavy atom. The van der Waals surface area contributed by atoms with Crippen LogP contribution in [0.2, 0.25) is 0 Å². The molecule has 0 amide bonds. The average molecular weight is 329 g/mol. The molecule has 2 aromatic carbocycles. The number of hydrogen-bond acceptors (Lipinski definition) is 4. The molecule has 2 rings (SSSR count). The summed E-state index contributed by atoms with van der Waals surface area (Å²) in [5.74, 6) is 1.53. The van der Waals surface area contributed by atoms with Crippen molar-refractivity contribution in [3.05, 3.63) is 59.2 Å². The van der Waals surface area contributed by atoms with Crippen LogP contribution in [0.15, 0.2) is 42.5 Å². The van der Waals surface area contributed by atoms with Crippen molar-refractivity contribution in [1.29, 1.82) is 0 Å². The first-order valence-corrected chi connectivity index (χ1v) is 8.28. The predicted molar refractivity (Wildman–Crippen MR) is 96.7 cm³/mol. The largest absolute Gasteiger partial charge is 0.493 e. The molecule has 0 aromatic heterocycles. The Morgan fingerprint density at radius 2 is 1.67 bits per heavy atom. The Kier molecular flexibility index (Phi) is 7.59. The zero-order valence-electron chi connectivity index (χ0n) is 14.8. The first-order chi connectivity index (χ1) is 11.7. The monoisotopic (exact) mass is 329 g/mol. The van der Waals surface area contributed by atoms with E-state index in [9.17, 15) is 0 Å². The molecule has 0 heterocycles. The first kappa shape index (κ1) is 18.3. The van der Waals surface area contributed by atoms with E-state index < -0.39 is 0 Å². The van der Waals surface area contributed by atoms with Crippen molar-refractivity contribution in [3.8, 4) is 11.5 Å². The van der Waals surface area contributed by atoms with E-state index in [4.69, 9.17) is 14.2 Å². The summed E-state index contributed by atoms with van der Waals surface area (Å²) < 4.78 is 16.4. The molecular weight excluding hydrogens is 302 g/mol. The van der Waals surface area contributed by atoms with Gasteiger partial charge in [0.2, 0.25) is 0 Å². The van der Waals surface area contributed by atoms with Gasteiger partial charge < -0.3 is 19.5 Å². The van der Waals surface area contributed by atoms with Crippen molar-refractivity contribution in [2.24, 2.45) is 0 Å². The van der Waals surface area contributed by atoms with Gasteiger partial charge in [0.05, 0.1) is 7.11 Å². The lowest BCUT2D eigenvalue weighted by Gasteiger charge is -2.13. The third-order valence-corrected chi connectivity index (χ3v) is 3.77. The van der Waals surface area contributed by atoms with Crippen LogP contribution >= 0.6 is 0 Å². The van der Waals surface area contributed by atoms with E-state index >= 15 is 0 Å². The number of benzene rings is 2. The van der Waals surface area contributed by atoms with Gasteiger partial charge in [0.15, 0.2) is 11.5 Å². The number of ether oxygens (including phenoxy) is 3. The number of aryl methyl sites for hydroxylation is 1. The van der Waals surface area contributed by atoms with Gasteiger partial charge in [-0.25, -0.2) is 0 Å². The Morgan fingerprint density at radius 3 is 2.38 bits per heavy atom. The van der Waals surface area contributed by atoms with E-state index in [1.807, 2.05) is 12.1 Å². The molecule has 0 aliphatic heterocycles. The lowest BCUT2D eigenvalue weighted by atomic mass is 10.1. The second-order valence-corrected chi connectivity index (χ2v) is 5.78. The Labute approximate surface area is 144 Å². The Hall–Kier alpha value is -2.04. The van der Waals surface area contributed by atoms with Gasteiger partial charge in [-0.3, -0.25) is 0 Å². The zero-order valence-corrected chi connectivity index (χ0v) is 14.8. The Balaban J connectivity index is 1.89. The van der Waals surface area contributed by atoms with E-state index in [1.54, 1.807) is 14.2 Å². The summed E-state index contributed by atoms with van der Waals surface area (Å²) in [6.07, 6.45) is 1.01. The lowest BCUT2D eigenvalue weighted by molar-refractivity contribution is 0.194. The van der Waals surface area contributed by atoms with Gasteiger partial charge in [0.25, 0.3) is 0 Å². The lowest BCUT2D eigenvalue weighted by Crippen LogP contribution is -2.16. The third kappa shape index (κ3) is 5.87. The van der Waals surface area contributed by atoms with E-state index in [-0.39, 0.29) is 0 Å². The number of rotatable bonds is 10. The van der Waals surface area contributed by atoms with Crippen molar-refractivity contribution in [3.63, 3.8) is 0 Å². The molecule has 24 heavy (non-hydrogen) atoms. The van der Waals surface area contributed by atoms with Crippen molar-refractivity contribution in [2.75, 3.05) is 27.4 Å². The molecule has 2 aromatic rings. The maximum Gasteiger partial charge on any atom is 0.161 e. The van der Waals surface area contributed by atoms with E-state index in [2.05, 4.69) is 42.6 Å². The second kappa shape index (κ2) is 9.96. The summed E-state index contributed by atoms with van der Waals surface area (Å²) in [6.45, 7) is 5.13. The van der Waals surface area contributed by atoms with Crippen LogP contribution < -0.4 is 14.8 Å². The molecular formula is C20H27NO3. The molecule has 130 valence electrons. The maximum atomic E-state index is 5.90. The highest BCUT2D eigenvalue weighted by atomic mass is 16.5. The van der Waals surface area contributed by atoms with Crippen LogP contribution in [0.1, 0.15) is 23.1 Å². The highest BCUT2D eigenvalue weighted by molar-refractivity contribution is 5.43. The van der Waals surface area contributed by atoms with Crippen LogP contribution in [-0.2, 0) is 17.9 Å². The molecule has 0 bridgehead atoms. The van der Waals surface area contributed by atoms with E-state index in [1.165, 1.54) is 11.1 Å². The highest BCUT2D eigenvalue weighted by Gasteiger charge is 2.06. The summed E-state index contributed by atoms with van der Waals surface area (Å²) in [6, 6.07) is 14.4. The van der Waals surface area contributed by atoms with Crippen molar-refractivity contribution in [2.45, 2.75) is 26.5 Å². The predicted octanol–water partition coefficient (Wildman–Crippen LogP) is 3.71. The highest BCUT2D eigenvalue weighted by Crippen LogP contribution is 2.28. The maximum absolute atomic E-state index is 5.90. The number of hydrogen-bond donors (Lipinski definition) is 1. The van der Waals surface area contributed by atoms with Gasteiger partial charge in [-0.2, -0.15) is 0 Å². The van der Waals surface area contributed by atoms with Crippen LogP contribution in [0.5, 0.6) is 11.5 Å². The minimum Gasteiger partial charge on any atom is -0.493 e. The molecule has 4 nitrogen and oxygen atoms in total. The van der Waals surface area contributed by atoms with Crippen LogP contribution in [0.4, 0.5) is 0 Å². The molecule has 0 aliphatic rings. The average Bonchev–Trinajstić information content (AvgIpc) is 2.61. The summed E-state index contributed by atoms with van der Waals surface area (Å²) >= 11 is 0. The normalized spacial score (nSPS) is 10.6. The van der Waals surface area contributed by atoms with Gasteiger partial charge in [-0.1, -0.05) is 35.9 Å². The van der Waals surface area contributed by atoms with Gasteiger partial charge >= 0.3 is 0 Å². The molecule has 1 N–H and O–H groups in total. The quantitative estimate of drug-likeness (QED) is 0.675. The van der Waals surface area contributed by atoms with Gasteiger partial charge in [-0.05, 0) is 43.1 Å². The molecule has 0 unspecified atom stereocenters. The van der Waals surface area contributed by atoms with Crippen LogP contribution in [-0.4, -0.2) is 27.4 Å². The van der Waals surface area contributed by atoms with Crippen molar-refractivity contribution < 1.29 is 14.2 Å². The summed E-state index contributed by atoms with van der Waals surface area (Å²) in [5, 5.41) is 3.39. The van der Waals surface area contributed by atoms with Gasteiger partial charge in [-0.15, -0.1) is 0 Å². The second-order valence-electron chi connectivity index (χ2n) is 5.78. The Bertz CT molecular complexity index is 611. The summed E-state index contributed by atoms with van der Waals surface area (Å²) in [7, 11) is 3.39. The topological polar surface area (TPSA) is 39.7 Å². The van der Waals surface area contributed by atoms with E-state index in [0.717, 1.165) is 43.2 Å². The zero-order chi connectivity index (χ0) is 17.2. The minimum atomic E-state index is 0.533. The molecule has 0 spiro atoms. The van der Waals surface area contributed by atoms with Crippen molar-refractivity contribution >= 4 is 0 Å². The standard InChI is InChI=1S/C20H27NO3/c1-16-5-7-17(8-6-16)15-24-19-10-9-18(13-20(19)23-3)14-21-11-4-12-22-2/h5-10,13,21H,4,11-12,14-15H2,1-3H3. The molecule has 4 heteroatoms. The van der Waals surface area contributed by atoms with Crippen molar-refractivity contribution in [1.82, 2.24) is 5.32 Å². The van der Waals surface area contributed by atoms with Crippen LogP contribution in [0.25, 0.3) is 0 Å². The molecule has 0 aliphatic carbocycles. The van der Waals surface area contributed by atoms with Crippen LogP contribution in [0.3, 0.4) is 0 Å². The molecule has 0 saturated carbocycles. The number of nitrogens with one attached hydrogen (secondary N) is 1. The summed E-state index contributed by atoms with van der Waals surface area (Å²) in [4.78, 5) is 0. The molecule has 0 radical (unpaired) electrons. The van der Waals surface area contributed by atoms with E-state index in [0.29, 0.717) is 6.61 Å². The van der Waals surface area contributed by atoms with Crippen LogP contribution in [0, 0.1) is 6.92 Å². The number of methoxy groups -OCH3 is 2. The molecule has 0 atom stereocenters. The third-order valence-electron chi connectivity index (χ3n) is 3.77. The first-order valence-electron chi connectivity index (χ1n) is 8.28. The minimum absolute atomic E-state index is 0.533.